The van der Waals surface area contributed by atoms with E-state index in [9.17, 15) is 9.59 Å². The molecule has 0 radical (unpaired) electrons. The number of ether oxygens (including phenoxy) is 1. The van der Waals surface area contributed by atoms with Gasteiger partial charge in [0.2, 0.25) is 0 Å². The maximum Gasteiger partial charge on any atom is 0.414 e. The van der Waals surface area contributed by atoms with Gasteiger partial charge in [0, 0.05) is 17.0 Å². The quantitative estimate of drug-likeness (QED) is 0.850. The fourth-order valence-electron chi connectivity index (χ4n) is 3.82. The number of imide groups is 1. The van der Waals surface area contributed by atoms with Crippen LogP contribution >= 0.6 is 23.2 Å². The summed E-state index contributed by atoms with van der Waals surface area (Å²) < 4.78 is 5.32. The van der Waals surface area contributed by atoms with Gasteiger partial charge in [-0.3, -0.25) is 15.0 Å². The Hall–Kier alpha value is -1.30. The van der Waals surface area contributed by atoms with Crippen LogP contribution in [0.25, 0.3) is 0 Å². The Morgan fingerprint density at radius 1 is 1.16 bits per heavy atom. The first-order valence-electron chi connectivity index (χ1n) is 8.72. The molecule has 1 aromatic rings. The van der Waals surface area contributed by atoms with Gasteiger partial charge in [0.1, 0.15) is 0 Å². The summed E-state index contributed by atoms with van der Waals surface area (Å²) in [5.74, 6) is -0.247. The van der Waals surface area contributed by atoms with Gasteiger partial charge in [-0.05, 0) is 57.0 Å². The highest BCUT2D eigenvalue weighted by Gasteiger charge is 2.33. The minimum Gasteiger partial charge on any atom is -0.449 e. The van der Waals surface area contributed by atoms with Gasteiger partial charge in [0.15, 0.2) is 0 Å². The molecule has 0 spiro atoms. The molecule has 2 atom stereocenters. The van der Waals surface area contributed by atoms with E-state index in [1.807, 2.05) is 0 Å². The van der Waals surface area contributed by atoms with E-state index >= 15 is 0 Å². The summed E-state index contributed by atoms with van der Waals surface area (Å²) in [6, 6.07) is 4.99. The Balaban J connectivity index is 1.51. The second-order valence-electron chi connectivity index (χ2n) is 6.68. The Kier molecular flexibility index (Phi) is 6.20. The summed E-state index contributed by atoms with van der Waals surface area (Å²) >= 11 is 11.8. The molecule has 25 heavy (non-hydrogen) atoms. The highest BCUT2D eigenvalue weighted by Crippen LogP contribution is 2.31. The number of nitrogens with one attached hydrogen (secondary N) is 1. The molecule has 2 saturated heterocycles. The van der Waals surface area contributed by atoms with E-state index in [-0.39, 0.29) is 10.6 Å². The van der Waals surface area contributed by atoms with Crippen LogP contribution in [0.3, 0.4) is 0 Å². The van der Waals surface area contributed by atoms with Crippen LogP contribution in [0.2, 0.25) is 10.0 Å². The van der Waals surface area contributed by atoms with Crippen molar-refractivity contribution in [3.05, 3.63) is 33.8 Å². The highest BCUT2D eigenvalue weighted by molar-refractivity contribution is 6.37. The third-order valence-corrected chi connectivity index (χ3v) is 5.60. The van der Waals surface area contributed by atoms with Crippen molar-refractivity contribution >= 4 is 35.2 Å². The predicted octanol–water partition coefficient (Wildman–Crippen LogP) is 4.12. The third kappa shape index (κ3) is 4.66. The monoisotopic (exact) mass is 384 g/mol. The van der Waals surface area contributed by atoms with E-state index in [1.54, 1.807) is 6.07 Å². The van der Waals surface area contributed by atoms with Crippen molar-refractivity contribution < 1.29 is 14.3 Å². The number of alkyl carbamates (subject to hydrolysis) is 1. The molecular formula is C18H22Cl2N2O3. The number of hydrogen-bond donors (Lipinski definition) is 1. The molecule has 0 bridgehead atoms. The van der Waals surface area contributed by atoms with Crippen LogP contribution in [0, 0.1) is 5.92 Å². The van der Waals surface area contributed by atoms with E-state index in [1.165, 1.54) is 25.0 Å². The standard InChI is InChI=1S/C18H22Cl2N2O3/c19-13-6-7-14(15(20)10-13)17(23)21-18(24)25-11-12-4-3-9-22-8-2-1-5-16(12)22/h6-7,10,12,16H,1-5,8-9,11H2,(H,21,23,24)/t12-,16+/m1/s1. The lowest BCUT2D eigenvalue weighted by atomic mass is 9.84. The van der Waals surface area contributed by atoms with E-state index in [2.05, 4.69) is 10.2 Å². The van der Waals surface area contributed by atoms with Crippen molar-refractivity contribution in [3.63, 3.8) is 0 Å². The second-order valence-corrected chi connectivity index (χ2v) is 7.52. The van der Waals surface area contributed by atoms with Crippen LogP contribution in [0.4, 0.5) is 4.79 Å². The van der Waals surface area contributed by atoms with Crippen molar-refractivity contribution in [2.75, 3.05) is 19.7 Å². The number of piperidine rings is 2. The van der Waals surface area contributed by atoms with Crippen molar-refractivity contribution in [3.8, 4) is 0 Å². The Labute approximate surface area is 157 Å². The molecule has 0 saturated carbocycles. The van der Waals surface area contributed by atoms with Crippen LogP contribution in [-0.4, -0.2) is 42.6 Å². The Morgan fingerprint density at radius 2 is 1.96 bits per heavy atom. The van der Waals surface area contributed by atoms with E-state index in [4.69, 9.17) is 27.9 Å². The normalized spacial score (nSPS) is 23.6. The van der Waals surface area contributed by atoms with Crippen LogP contribution < -0.4 is 5.32 Å². The van der Waals surface area contributed by atoms with Crippen molar-refractivity contribution in [2.24, 2.45) is 5.92 Å². The van der Waals surface area contributed by atoms with Gasteiger partial charge in [-0.2, -0.15) is 0 Å². The first-order chi connectivity index (χ1) is 12.0. The fourth-order valence-corrected chi connectivity index (χ4v) is 4.32. The van der Waals surface area contributed by atoms with E-state index < -0.39 is 12.0 Å². The topological polar surface area (TPSA) is 58.6 Å². The van der Waals surface area contributed by atoms with Gasteiger partial charge in [0.05, 0.1) is 17.2 Å². The summed E-state index contributed by atoms with van der Waals surface area (Å²) in [4.78, 5) is 26.6. The third-order valence-electron chi connectivity index (χ3n) is 5.05. The zero-order valence-electron chi connectivity index (χ0n) is 14.0. The molecule has 2 fully saturated rings. The van der Waals surface area contributed by atoms with Gasteiger partial charge in [-0.1, -0.05) is 29.6 Å². The zero-order valence-corrected chi connectivity index (χ0v) is 15.5. The number of carbonyl (C=O) groups is 2. The van der Waals surface area contributed by atoms with Crippen LogP contribution in [0.15, 0.2) is 18.2 Å². The van der Waals surface area contributed by atoms with Gasteiger partial charge >= 0.3 is 6.09 Å². The second kappa shape index (κ2) is 8.39. The Morgan fingerprint density at radius 3 is 2.76 bits per heavy atom. The number of hydrogen-bond acceptors (Lipinski definition) is 4. The Bertz CT molecular complexity index is 651. The number of rotatable bonds is 3. The molecule has 1 N–H and O–H groups in total. The zero-order chi connectivity index (χ0) is 17.8. The number of fused-ring (bicyclic) bond motifs is 1. The molecule has 3 rings (SSSR count). The number of amides is 2. The SMILES string of the molecule is O=C(NC(=O)c1ccc(Cl)cc1Cl)OC[C@H]1CCCN2CCCC[C@@H]12. The van der Waals surface area contributed by atoms with Crippen molar-refractivity contribution in [2.45, 2.75) is 38.1 Å². The van der Waals surface area contributed by atoms with Crippen LogP contribution in [0.5, 0.6) is 0 Å². The summed E-state index contributed by atoms with van der Waals surface area (Å²) in [5.41, 5.74) is 0.194. The minimum atomic E-state index is -0.732. The molecule has 2 amide bonds. The molecule has 7 heteroatoms. The molecule has 2 heterocycles. The average molecular weight is 385 g/mol. The maximum atomic E-state index is 12.1. The molecule has 136 valence electrons. The molecule has 1 aromatic carbocycles. The van der Waals surface area contributed by atoms with Crippen LogP contribution in [0.1, 0.15) is 42.5 Å². The van der Waals surface area contributed by atoms with Crippen LogP contribution in [-0.2, 0) is 4.74 Å². The van der Waals surface area contributed by atoms with Gasteiger partial charge in [0.25, 0.3) is 5.91 Å². The lowest BCUT2D eigenvalue weighted by molar-refractivity contribution is 0.0235. The molecule has 0 aliphatic carbocycles. The lowest BCUT2D eigenvalue weighted by Crippen LogP contribution is -2.49. The molecule has 2 aliphatic rings. The predicted molar refractivity (Wildman–Crippen MR) is 97.2 cm³/mol. The molecule has 0 unspecified atom stereocenters. The average Bonchev–Trinajstić information content (AvgIpc) is 2.59. The van der Waals surface area contributed by atoms with Gasteiger partial charge in [-0.25, -0.2) is 4.79 Å². The fraction of sp³-hybridized carbons (Fsp3) is 0.556. The summed E-state index contributed by atoms with van der Waals surface area (Å²) in [6.45, 7) is 2.62. The largest absolute Gasteiger partial charge is 0.449 e. The minimum absolute atomic E-state index is 0.194. The molecule has 2 aliphatic heterocycles. The number of carbonyl (C=O) groups excluding carboxylic acids is 2. The summed E-state index contributed by atoms with van der Waals surface area (Å²) in [5, 5.41) is 2.85. The van der Waals surface area contributed by atoms with Crippen molar-refractivity contribution in [1.82, 2.24) is 10.2 Å². The van der Waals surface area contributed by atoms with Gasteiger partial charge < -0.3 is 4.74 Å². The summed E-state index contributed by atoms with van der Waals surface area (Å²) in [6.07, 6.45) is 5.11. The number of halogens is 2. The first kappa shape index (κ1) is 18.5. The summed E-state index contributed by atoms with van der Waals surface area (Å²) in [7, 11) is 0. The molecule has 0 aromatic heterocycles. The number of benzene rings is 1. The van der Waals surface area contributed by atoms with Crippen molar-refractivity contribution in [1.29, 1.82) is 0 Å². The van der Waals surface area contributed by atoms with E-state index in [0.717, 1.165) is 32.4 Å². The highest BCUT2D eigenvalue weighted by atomic mass is 35.5. The smallest absolute Gasteiger partial charge is 0.414 e. The first-order valence-corrected chi connectivity index (χ1v) is 9.47. The van der Waals surface area contributed by atoms with Gasteiger partial charge in [-0.15, -0.1) is 0 Å². The van der Waals surface area contributed by atoms with E-state index in [0.29, 0.717) is 23.6 Å². The lowest BCUT2D eigenvalue weighted by Gasteiger charge is -2.44. The molecular weight excluding hydrogens is 363 g/mol. The maximum absolute atomic E-state index is 12.1. The number of nitrogens with zero attached hydrogens (tertiary/aromatic N) is 1. The molecule has 5 nitrogen and oxygen atoms in total.